The standard InChI is InChI=1S/C27H28F6N8O2/c1-40-13-17(11-35-40)21-12-34-25(39-22(21)36-18-4-6-19(7-5-18)37-23(42)26(28,29)30)38-20-3-2-15-8-9-41(14-16(15)10-20)24(43)27(31,32)33/h2-3,10-13,18-19H,4-9,14H2,1H3,(H,37,42)(H2,34,36,38,39)/t18-,19+. The normalized spacial score (nSPS) is 19.0. The van der Waals surface area contributed by atoms with Gasteiger partial charge in [0.2, 0.25) is 5.95 Å². The van der Waals surface area contributed by atoms with Gasteiger partial charge in [0.1, 0.15) is 5.82 Å². The molecule has 0 spiro atoms. The molecule has 10 nitrogen and oxygen atoms in total. The van der Waals surface area contributed by atoms with Crippen molar-refractivity contribution >= 4 is 29.3 Å². The maximum absolute atomic E-state index is 13.0. The van der Waals surface area contributed by atoms with Gasteiger partial charge in [-0.05, 0) is 55.4 Å². The lowest BCUT2D eigenvalue weighted by Gasteiger charge is -2.30. The molecule has 0 bridgehead atoms. The van der Waals surface area contributed by atoms with Crippen molar-refractivity contribution in [1.29, 1.82) is 0 Å². The molecule has 16 heteroatoms. The van der Waals surface area contributed by atoms with Crippen molar-refractivity contribution in [2.24, 2.45) is 7.05 Å². The zero-order valence-electron chi connectivity index (χ0n) is 22.9. The van der Waals surface area contributed by atoms with E-state index in [0.717, 1.165) is 16.0 Å². The number of rotatable bonds is 6. The van der Waals surface area contributed by atoms with Gasteiger partial charge in [0.25, 0.3) is 0 Å². The molecule has 1 aromatic carbocycles. The van der Waals surface area contributed by atoms with Crippen LogP contribution in [0.15, 0.2) is 36.8 Å². The van der Waals surface area contributed by atoms with Gasteiger partial charge in [0.05, 0.1) is 6.20 Å². The van der Waals surface area contributed by atoms with Gasteiger partial charge >= 0.3 is 24.2 Å². The van der Waals surface area contributed by atoms with Crippen LogP contribution < -0.4 is 16.0 Å². The number of nitrogens with one attached hydrogen (secondary N) is 3. The van der Waals surface area contributed by atoms with Crippen molar-refractivity contribution in [2.45, 2.75) is 63.1 Å². The Kier molecular flexibility index (Phi) is 8.21. The van der Waals surface area contributed by atoms with E-state index < -0.39 is 30.2 Å². The van der Waals surface area contributed by atoms with Crippen LogP contribution in [0.1, 0.15) is 36.8 Å². The highest BCUT2D eigenvalue weighted by Gasteiger charge is 2.43. The van der Waals surface area contributed by atoms with Crippen LogP contribution in [0.4, 0.5) is 43.8 Å². The van der Waals surface area contributed by atoms with Gasteiger partial charge in [-0.3, -0.25) is 14.3 Å². The number of hydrogen-bond donors (Lipinski definition) is 3. The third-order valence-corrected chi connectivity index (χ3v) is 7.47. The van der Waals surface area contributed by atoms with Gasteiger partial charge in [0.15, 0.2) is 0 Å². The SMILES string of the molecule is Cn1cc(-c2cnc(Nc3ccc4c(c3)CN(C(=O)C(F)(F)F)CC4)nc2N[C@H]2CC[C@@H](NC(=O)C(F)(F)F)CC2)cn1. The van der Waals surface area contributed by atoms with Crippen LogP contribution in [-0.4, -0.2) is 67.4 Å². The van der Waals surface area contributed by atoms with E-state index >= 15 is 0 Å². The average molecular weight is 611 g/mol. The second-order valence-electron chi connectivity index (χ2n) is 10.6. The third kappa shape index (κ3) is 7.17. The Balaban J connectivity index is 1.32. The van der Waals surface area contributed by atoms with E-state index in [1.807, 2.05) is 5.32 Å². The summed E-state index contributed by atoms with van der Waals surface area (Å²) in [5.41, 5.74) is 3.30. The summed E-state index contributed by atoms with van der Waals surface area (Å²) in [6.07, 6.45) is -2.92. The lowest BCUT2D eigenvalue weighted by Crippen LogP contribution is -2.45. The van der Waals surface area contributed by atoms with E-state index in [1.54, 1.807) is 48.5 Å². The van der Waals surface area contributed by atoms with Crippen molar-refractivity contribution in [3.8, 4) is 11.1 Å². The molecule has 1 saturated carbocycles. The third-order valence-electron chi connectivity index (χ3n) is 7.47. The van der Waals surface area contributed by atoms with E-state index in [0.29, 0.717) is 54.7 Å². The van der Waals surface area contributed by atoms with Crippen LogP contribution in [0, 0.1) is 0 Å². The van der Waals surface area contributed by atoms with Crippen molar-refractivity contribution < 1.29 is 35.9 Å². The number of amides is 2. The molecule has 3 heterocycles. The predicted octanol–water partition coefficient (Wildman–Crippen LogP) is 4.47. The molecule has 3 N–H and O–H groups in total. The number of carbonyl (C=O) groups excluding carboxylic acids is 2. The number of carbonyl (C=O) groups is 2. The summed E-state index contributed by atoms with van der Waals surface area (Å²) in [6, 6.07) is 4.47. The monoisotopic (exact) mass is 610 g/mol. The highest BCUT2D eigenvalue weighted by molar-refractivity contribution is 5.82. The zero-order valence-corrected chi connectivity index (χ0v) is 22.9. The molecule has 2 amide bonds. The van der Waals surface area contributed by atoms with E-state index in [-0.39, 0.29) is 25.1 Å². The first-order valence-electron chi connectivity index (χ1n) is 13.5. The highest BCUT2D eigenvalue weighted by Crippen LogP contribution is 2.32. The van der Waals surface area contributed by atoms with Gasteiger partial charge in [-0.2, -0.15) is 36.4 Å². The summed E-state index contributed by atoms with van der Waals surface area (Å²) >= 11 is 0. The fraction of sp³-hybridized carbons (Fsp3) is 0.444. The Morgan fingerprint density at radius 2 is 1.67 bits per heavy atom. The molecular weight excluding hydrogens is 582 g/mol. The molecule has 2 aliphatic rings. The summed E-state index contributed by atoms with van der Waals surface area (Å²) < 4.78 is 78.4. The van der Waals surface area contributed by atoms with Crippen LogP contribution in [0.2, 0.25) is 0 Å². The van der Waals surface area contributed by atoms with Gasteiger partial charge < -0.3 is 20.9 Å². The van der Waals surface area contributed by atoms with Crippen LogP contribution in [0.5, 0.6) is 0 Å². The summed E-state index contributed by atoms with van der Waals surface area (Å²) in [5, 5.41) is 12.7. The lowest BCUT2D eigenvalue weighted by atomic mass is 9.91. The van der Waals surface area contributed by atoms with Crippen molar-refractivity contribution in [2.75, 3.05) is 17.2 Å². The summed E-state index contributed by atoms with van der Waals surface area (Å²) in [4.78, 5) is 32.9. The fourth-order valence-corrected chi connectivity index (χ4v) is 5.28. The molecular formula is C27H28F6N8O2. The lowest BCUT2D eigenvalue weighted by molar-refractivity contribution is -0.186. The van der Waals surface area contributed by atoms with Crippen LogP contribution in [0.25, 0.3) is 11.1 Å². The topological polar surface area (TPSA) is 117 Å². The van der Waals surface area contributed by atoms with E-state index in [2.05, 4.69) is 25.7 Å². The molecule has 230 valence electrons. The molecule has 43 heavy (non-hydrogen) atoms. The number of benzene rings is 1. The number of nitrogens with zero attached hydrogens (tertiary/aromatic N) is 5. The molecule has 3 aromatic rings. The van der Waals surface area contributed by atoms with Crippen LogP contribution in [0.3, 0.4) is 0 Å². The average Bonchev–Trinajstić information content (AvgIpc) is 3.38. The Morgan fingerprint density at radius 1 is 0.953 bits per heavy atom. The van der Waals surface area contributed by atoms with Gasteiger partial charge in [-0.15, -0.1) is 0 Å². The maximum atomic E-state index is 13.0. The number of fused-ring (bicyclic) bond motifs is 1. The molecule has 0 atom stereocenters. The van der Waals surface area contributed by atoms with Crippen LogP contribution >= 0.6 is 0 Å². The second kappa shape index (κ2) is 11.7. The van der Waals surface area contributed by atoms with Gasteiger partial charge in [-0.1, -0.05) is 6.07 Å². The molecule has 2 aromatic heterocycles. The number of aromatic nitrogens is 4. The molecule has 0 saturated heterocycles. The first kappa shape index (κ1) is 30.1. The number of aryl methyl sites for hydroxylation is 1. The number of hydrogen-bond acceptors (Lipinski definition) is 7. The Morgan fingerprint density at radius 3 is 2.33 bits per heavy atom. The van der Waals surface area contributed by atoms with Crippen molar-refractivity contribution in [3.63, 3.8) is 0 Å². The minimum absolute atomic E-state index is 0.0251. The Bertz CT molecular complexity index is 1500. The first-order valence-corrected chi connectivity index (χ1v) is 13.5. The predicted molar refractivity (Wildman–Crippen MR) is 143 cm³/mol. The molecule has 0 unspecified atom stereocenters. The highest BCUT2D eigenvalue weighted by atomic mass is 19.4. The smallest absolute Gasteiger partial charge is 0.367 e. The molecule has 1 aliphatic carbocycles. The van der Waals surface area contributed by atoms with E-state index in [4.69, 9.17) is 0 Å². The fourth-order valence-electron chi connectivity index (χ4n) is 5.28. The maximum Gasteiger partial charge on any atom is 0.471 e. The van der Waals surface area contributed by atoms with Crippen molar-refractivity contribution in [3.05, 3.63) is 47.9 Å². The Labute approximate surface area is 241 Å². The first-order chi connectivity index (χ1) is 20.3. The minimum Gasteiger partial charge on any atom is -0.367 e. The number of halogens is 6. The van der Waals surface area contributed by atoms with Crippen LogP contribution in [-0.2, 0) is 29.6 Å². The van der Waals surface area contributed by atoms with E-state index in [1.165, 1.54) is 0 Å². The molecule has 1 aliphatic heterocycles. The zero-order chi connectivity index (χ0) is 30.9. The van der Waals surface area contributed by atoms with Gasteiger partial charge in [-0.25, -0.2) is 4.98 Å². The molecule has 1 fully saturated rings. The Hall–Kier alpha value is -4.37. The number of anilines is 3. The largest absolute Gasteiger partial charge is 0.471 e. The molecule has 0 radical (unpaired) electrons. The van der Waals surface area contributed by atoms with Gasteiger partial charge in [0, 0.05) is 61.4 Å². The molecule has 5 rings (SSSR count). The minimum atomic E-state index is -4.95. The second-order valence-corrected chi connectivity index (χ2v) is 10.6. The van der Waals surface area contributed by atoms with E-state index in [9.17, 15) is 35.9 Å². The van der Waals surface area contributed by atoms with Crippen molar-refractivity contribution in [1.82, 2.24) is 30.0 Å². The summed E-state index contributed by atoms with van der Waals surface area (Å²) in [5.74, 6) is -3.18. The number of alkyl halides is 6. The summed E-state index contributed by atoms with van der Waals surface area (Å²) in [6.45, 7) is -0.203. The quantitative estimate of drug-likeness (QED) is 0.353. The summed E-state index contributed by atoms with van der Waals surface area (Å²) in [7, 11) is 1.75.